The average Bonchev–Trinajstić information content (AvgIpc) is 2.93. The molecule has 1 unspecified atom stereocenters. The minimum absolute atomic E-state index is 0.210. The third-order valence-electron chi connectivity index (χ3n) is 2.81. The highest BCUT2D eigenvalue weighted by atomic mass is 32.2. The summed E-state index contributed by atoms with van der Waals surface area (Å²) < 4.78 is 5.25. The second-order valence-corrected chi connectivity index (χ2v) is 5.16. The molecule has 0 aliphatic rings. The van der Waals surface area contributed by atoms with E-state index in [2.05, 4.69) is 0 Å². The van der Waals surface area contributed by atoms with Crippen LogP contribution in [0.1, 0.15) is 11.3 Å². The number of hydrogen-bond acceptors (Lipinski definition) is 4. The van der Waals surface area contributed by atoms with Crippen LogP contribution in [0.4, 0.5) is 0 Å². The van der Waals surface area contributed by atoms with Crippen LogP contribution in [0.3, 0.4) is 0 Å². The zero-order valence-corrected chi connectivity index (χ0v) is 10.9. The number of rotatable bonds is 6. The molecule has 2 aromatic rings. The summed E-state index contributed by atoms with van der Waals surface area (Å²) in [5, 5.41) is 10.5. The topological polar surface area (TPSA) is 59.4 Å². The lowest BCUT2D eigenvalue weighted by molar-refractivity contribution is 0.0721. The van der Waals surface area contributed by atoms with Crippen LogP contribution in [0.5, 0.6) is 0 Å². The van der Waals surface area contributed by atoms with Gasteiger partial charge >= 0.3 is 0 Å². The van der Waals surface area contributed by atoms with E-state index in [0.717, 1.165) is 17.1 Å². The first-order valence-electron chi connectivity index (χ1n) is 5.83. The summed E-state index contributed by atoms with van der Waals surface area (Å²) >= 11 is 1.61. The van der Waals surface area contributed by atoms with Crippen molar-refractivity contribution in [2.24, 2.45) is 5.73 Å². The third-order valence-corrected chi connectivity index (χ3v) is 3.98. The van der Waals surface area contributed by atoms with Crippen LogP contribution >= 0.6 is 11.8 Å². The quantitative estimate of drug-likeness (QED) is 0.840. The monoisotopic (exact) mass is 263 g/mol. The van der Waals surface area contributed by atoms with E-state index in [1.54, 1.807) is 18.0 Å². The Balaban J connectivity index is 1.96. The Bertz CT molecular complexity index is 458. The largest absolute Gasteiger partial charge is 0.468 e. The molecule has 0 spiro atoms. The van der Waals surface area contributed by atoms with Crippen molar-refractivity contribution in [3.05, 3.63) is 60.1 Å². The fourth-order valence-electron chi connectivity index (χ4n) is 1.72. The minimum atomic E-state index is -0.974. The molecule has 0 bridgehead atoms. The minimum Gasteiger partial charge on any atom is -0.468 e. The first-order chi connectivity index (χ1) is 8.74. The molecular weight excluding hydrogens is 246 g/mol. The first kappa shape index (κ1) is 13.2. The lowest BCUT2D eigenvalue weighted by Crippen LogP contribution is -2.37. The number of benzene rings is 1. The highest BCUT2D eigenvalue weighted by molar-refractivity contribution is 7.98. The fourth-order valence-corrected chi connectivity index (χ4v) is 2.81. The molecule has 3 N–H and O–H groups in total. The van der Waals surface area contributed by atoms with Gasteiger partial charge in [0.05, 0.1) is 12.0 Å². The maximum atomic E-state index is 10.5. The Morgan fingerprint density at radius 2 is 1.94 bits per heavy atom. The Morgan fingerprint density at radius 1 is 1.17 bits per heavy atom. The molecule has 4 heteroatoms. The van der Waals surface area contributed by atoms with Crippen molar-refractivity contribution < 1.29 is 9.52 Å². The summed E-state index contributed by atoms with van der Waals surface area (Å²) in [7, 11) is 0. The van der Waals surface area contributed by atoms with Gasteiger partial charge in [-0.1, -0.05) is 30.3 Å². The van der Waals surface area contributed by atoms with Crippen LogP contribution < -0.4 is 5.73 Å². The van der Waals surface area contributed by atoms with E-state index in [1.165, 1.54) is 0 Å². The Morgan fingerprint density at radius 3 is 2.56 bits per heavy atom. The highest BCUT2D eigenvalue weighted by Gasteiger charge is 2.27. The van der Waals surface area contributed by atoms with Gasteiger partial charge in [0, 0.05) is 12.3 Å². The molecular formula is C14H17NO2S. The van der Waals surface area contributed by atoms with Gasteiger partial charge in [0.2, 0.25) is 0 Å². The van der Waals surface area contributed by atoms with Gasteiger partial charge in [0.25, 0.3) is 0 Å². The number of hydrogen-bond donors (Lipinski definition) is 2. The van der Waals surface area contributed by atoms with Gasteiger partial charge in [0.1, 0.15) is 11.4 Å². The Kier molecular flexibility index (Phi) is 4.47. The van der Waals surface area contributed by atoms with Crippen molar-refractivity contribution >= 4 is 11.8 Å². The van der Waals surface area contributed by atoms with Crippen LogP contribution in [0.15, 0.2) is 53.1 Å². The van der Waals surface area contributed by atoms with E-state index < -0.39 is 5.60 Å². The van der Waals surface area contributed by atoms with Crippen LogP contribution in [0, 0.1) is 0 Å². The van der Waals surface area contributed by atoms with Gasteiger partial charge in [-0.2, -0.15) is 11.8 Å². The maximum Gasteiger partial charge on any atom is 0.113 e. The van der Waals surface area contributed by atoms with E-state index in [1.807, 2.05) is 42.5 Å². The summed E-state index contributed by atoms with van der Waals surface area (Å²) in [6.07, 6.45) is 1.65. The predicted molar refractivity (Wildman–Crippen MR) is 74.3 cm³/mol. The van der Waals surface area contributed by atoms with Crippen LogP contribution in [-0.2, 0) is 11.4 Å². The molecule has 1 aromatic heterocycles. The molecule has 3 nitrogen and oxygen atoms in total. The molecule has 18 heavy (non-hydrogen) atoms. The molecule has 0 amide bonds. The van der Waals surface area contributed by atoms with Gasteiger partial charge in [-0.3, -0.25) is 0 Å². The predicted octanol–water partition coefficient (Wildman–Crippen LogP) is 2.36. The second kappa shape index (κ2) is 6.09. The lowest BCUT2D eigenvalue weighted by atomic mass is 9.96. The first-order valence-corrected chi connectivity index (χ1v) is 6.98. The van der Waals surface area contributed by atoms with Gasteiger partial charge in [0.15, 0.2) is 0 Å². The van der Waals surface area contributed by atoms with Gasteiger partial charge < -0.3 is 15.3 Å². The summed E-state index contributed by atoms with van der Waals surface area (Å²) in [6.45, 7) is 0.210. The number of thioether (sulfide) groups is 1. The molecule has 0 radical (unpaired) electrons. The Hall–Kier alpha value is -1.23. The molecule has 1 aromatic carbocycles. The highest BCUT2D eigenvalue weighted by Crippen LogP contribution is 2.26. The summed E-state index contributed by atoms with van der Waals surface area (Å²) in [5.74, 6) is 2.20. The van der Waals surface area contributed by atoms with Crippen molar-refractivity contribution in [3.63, 3.8) is 0 Å². The lowest BCUT2D eigenvalue weighted by Gasteiger charge is -2.26. The number of aliphatic hydroxyl groups is 1. The number of furan rings is 1. The van der Waals surface area contributed by atoms with Crippen molar-refractivity contribution in [3.8, 4) is 0 Å². The van der Waals surface area contributed by atoms with Crippen LogP contribution in [0.2, 0.25) is 0 Å². The molecule has 2 rings (SSSR count). The van der Waals surface area contributed by atoms with Gasteiger partial charge in [-0.05, 0) is 17.7 Å². The van der Waals surface area contributed by atoms with E-state index in [4.69, 9.17) is 10.2 Å². The molecule has 96 valence electrons. The second-order valence-electron chi connectivity index (χ2n) is 4.17. The normalized spacial score (nSPS) is 14.3. The van der Waals surface area contributed by atoms with Crippen molar-refractivity contribution in [2.45, 2.75) is 11.4 Å². The van der Waals surface area contributed by atoms with Crippen molar-refractivity contribution in [1.29, 1.82) is 0 Å². The zero-order chi connectivity index (χ0) is 12.8. The van der Waals surface area contributed by atoms with Crippen LogP contribution in [0.25, 0.3) is 0 Å². The summed E-state index contributed by atoms with van der Waals surface area (Å²) in [4.78, 5) is 0. The summed E-state index contributed by atoms with van der Waals surface area (Å²) in [5.41, 5.74) is 5.60. The summed E-state index contributed by atoms with van der Waals surface area (Å²) in [6, 6.07) is 13.3. The SMILES string of the molecule is NCC(O)(CSCc1ccco1)c1ccccc1. The van der Waals surface area contributed by atoms with E-state index >= 15 is 0 Å². The van der Waals surface area contributed by atoms with E-state index in [0.29, 0.717) is 5.75 Å². The molecule has 0 fully saturated rings. The molecule has 1 atom stereocenters. The van der Waals surface area contributed by atoms with Crippen molar-refractivity contribution in [2.75, 3.05) is 12.3 Å². The third kappa shape index (κ3) is 3.16. The van der Waals surface area contributed by atoms with Crippen molar-refractivity contribution in [1.82, 2.24) is 0 Å². The van der Waals surface area contributed by atoms with Gasteiger partial charge in [-0.25, -0.2) is 0 Å². The van der Waals surface area contributed by atoms with Crippen LogP contribution in [-0.4, -0.2) is 17.4 Å². The Labute approximate surface area is 111 Å². The molecule has 0 saturated carbocycles. The van der Waals surface area contributed by atoms with E-state index in [-0.39, 0.29) is 6.54 Å². The molecule has 0 aliphatic carbocycles. The van der Waals surface area contributed by atoms with E-state index in [9.17, 15) is 5.11 Å². The smallest absolute Gasteiger partial charge is 0.113 e. The van der Waals surface area contributed by atoms with Gasteiger partial charge in [-0.15, -0.1) is 0 Å². The standard InChI is InChI=1S/C14H17NO2S/c15-10-14(16,12-5-2-1-3-6-12)11-18-9-13-7-4-8-17-13/h1-8,16H,9-11,15H2. The maximum absolute atomic E-state index is 10.5. The average molecular weight is 263 g/mol. The number of nitrogens with two attached hydrogens (primary N) is 1. The molecule has 0 aliphatic heterocycles. The zero-order valence-electron chi connectivity index (χ0n) is 10.1. The molecule has 1 heterocycles. The fraction of sp³-hybridized carbons (Fsp3) is 0.286. The molecule has 0 saturated heterocycles.